The van der Waals surface area contributed by atoms with Gasteiger partial charge < -0.3 is 4.74 Å². The van der Waals surface area contributed by atoms with E-state index in [9.17, 15) is 9.18 Å². The summed E-state index contributed by atoms with van der Waals surface area (Å²) in [5.74, 6) is -0.862. The van der Waals surface area contributed by atoms with Gasteiger partial charge in [0.05, 0.1) is 36.2 Å². The Labute approximate surface area is 151 Å². The molecule has 1 aliphatic heterocycles. The second-order valence-electron chi connectivity index (χ2n) is 6.36. The number of carbonyl (C=O) groups excluding carboxylic acids is 1. The predicted molar refractivity (Wildman–Crippen MR) is 97.1 cm³/mol. The SMILES string of the molecule is Bc1cc(C(=O)c2nc(CN3CCOCC3)c3ccccn23)c(F)cn1. The molecule has 0 N–H and O–H groups in total. The molecular formula is C18H18BFN4O2. The summed E-state index contributed by atoms with van der Waals surface area (Å²) in [6, 6.07) is 7.13. The van der Waals surface area contributed by atoms with E-state index in [0.29, 0.717) is 25.4 Å². The van der Waals surface area contributed by atoms with Gasteiger partial charge in [0.25, 0.3) is 0 Å². The monoisotopic (exact) mass is 352 g/mol. The number of morpholine rings is 1. The molecule has 0 spiro atoms. The van der Waals surface area contributed by atoms with Crippen molar-refractivity contribution in [3.63, 3.8) is 0 Å². The highest BCUT2D eigenvalue weighted by Gasteiger charge is 2.23. The number of imidazole rings is 1. The van der Waals surface area contributed by atoms with Gasteiger partial charge in [-0.3, -0.25) is 19.1 Å². The maximum absolute atomic E-state index is 14.1. The number of ether oxygens (including phenoxy) is 1. The summed E-state index contributed by atoms with van der Waals surface area (Å²) >= 11 is 0. The van der Waals surface area contributed by atoms with Crippen LogP contribution in [0.4, 0.5) is 4.39 Å². The smallest absolute Gasteiger partial charge is 0.231 e. The molecule has 0 radical (unpaired) electrons. The zero-order valence-corrected chi connectivity index (χ0v) is 14.5. The van der Waals surface area contributed by atoms with Gasteiger partial charge in [-0.05, 0) is 23.8 Å². The normalized spacial score (nSPS) is 15.4. The number of pyridine rings is 2. The van der Waals surface area contributed by atoms with Crippen molar-refractivity contribution in [3.8, 4) is 0 Å². The standard InChI is InChI=1S/C18H18BFN4O2/c19-16-9-12(13(20)10-21-16)17(25)18-22-14(11-23-5-7-26-8-6-23)15-3-1-2-4-24(15)18/h1-4,9-10H,5-8,11,19H2. The Kier molecular flexibility index (Phi) is 4.52. The highest BCUT2D eigenvalue weighted by molar-refractivity contribution is 6.31. The van der Waals surface area contributed by atoms with Crippen LogP contribution in [0.3, 0.4) is 0 Å². The Morgan fingerprint density at radius 3 is 2.92 bits per heavy atom. The van der Waals surface area contributed by atoms with E-state index < -0.39 is 11.6 Å². The molecule has 26 heavy (non-hydrogen) atoms. The summed E-state index contributed by atoms with van der Waals surface area (Å²) in [5, 5.41) is 0. The van der Waals surface area contributed by atoms with Gasteiger partial charge in [0.2, 0.25) is 5.78 Å². The van der Waals surface area contributed by atoms with E-state index in [1.54, 1.807) is 18.4 Å². The van der Waals surface area contributed by atoms with Crippen LogP contribution in [0.1, 0.15) is 21.9 Å². The molecule has 1 aliphatic rings. The summed E-state index contributed by atoms with van der Waals surface area (Å²) in [5.41, 5.74) is 2.24. The number of hydrogen-bond acceptors (Lipinski definition) is 5. The first-order valence-corrected chi connectivity index (χ1v) is 8.56. The lowest BCUT2D eigenvalue weighted by Gasteiger charge is -2.25. The van der Waals surface area contributed by atoms with Crippen molar-refractivity contribution in [2.75, 3.05) is 26.3 Å². The predicted octanol–water partition coefficient (Wildman–Crippen LogP) is 0.190. The molecule has 132 valence electrons. The van der Waals surface area contributed by atoms with Crippen LogP contribution in [-0.2, 0) is 11.3 Å². The van der Waals surface area contributed by atoms with Crippen LogP contribution in [0.2, 0.25) is 0 Å². The highest BCUT2D eigenvalue weighted by atomic mass is 19.1. The lowest BCUT2D eigenvalue weighted by molar-refractivity contribution is 0.0338. The van der Waals surface area contributed by atoms with E-state index >= 15 is 0 Å². The van der Waals surface area contributed by atoms with Gasteiger partial charge in [-0.25, -0.2) is 9.37 Å². The topological polar surface area (TPSA) is 59.7 Å². The van der Waals surface area contributed by atoms with Gasteiger partial charge >= 0.3 is 0 Å². The summed E-state index contributed by atoms with van der Waals surface area (Å²) < 4.78 is 21.3. The Morgan fingerprint density at radius 1 is 1.31 bits per heavy atom. The number of carbonyl (C=O) groups is 1. The molecule has 0 amide bonds. The molecule has 0 aliphatic carbocycles. The number of aromatic nitrogens is 3. The fourth-order valence-electron chi connectivity index (χ4n) is 3.19. The number of fused-ring (bicyclic) bond motifs is 1. The first-order chi connectivity index (χ1) is 12.6. The van der Waals surface area contributed by atoms with E-state index in [-0.39, 0.29) is 11.4 Å². The van der Waals surface area contributed by atoms with Crippen molar-refractivity contribution in [2.45, 2.75) is 6.54 Å². The molecule has 0 atom stereocenters. The van der Waals surface area contributed by atoms with Crippen LogP contribution in [0.15, 0.2) is 36.7 Å². The van der Waals surface area contributed by atoms with E-state index in [0.717, 1.165) is 30.5 Å². The molecule has 3 aromatic rings. The van der Waals surface area contributed by atoms with Gasteiger partial charge in [0, 0.05) is 25.8 Å². The molecule has 6 nitrogen and oxygen atoms in total. The number of hydrogen-bond donors (Lipinski definition) is 0. The molecule has 0 aromatic carbocycles. The van der Waals surface area contributed by atoms with E-state index in [2.05, 4.69) is 14.9 Å². The molecule has 8 heteroatoms. The molecule has 3 aromatic heterocycles. The first-order valence-electron chi connectivity index (χ1n) is 8.56. The van der Waals surface area contributed by atoms with E-state index in [1.165, 1.54) is 6.07 Å². The number of halogens is 1. The first kappa shape index (κ1) is 16.9. The van der Waals surface area contributed by atoms with Crippen LogP contribution in [0, 0.1) is 5.82 Å². The maximum Gasteiger partial charge on any atom is 0.231 e. The van der Waals surface area contributed by atoms with Crippen molar-refractivity contribution < 1.29 is 13.9 Å². The fraction of sp³-hybridized carbons (Fsp3) is 0.278. The number of ketones is 1. The van der Waals surface area contributed by atoms with Crippen molar-refractivity contribution in [2.24, 2.45) is 0 Å². The van der Waals surface area contributed by atoms with Crippen LogP contribution >= 0.6 is 0 Å². The van der Waals surface area contributed by atoms with Crippen molar-refractivity contribution in [3.05, 3.63) is 59.6 Å². The molecule has 4 heterocycles. The van der Waals surface area contributed by atoms with Crippen LogP contribution in [0.5, 0.6) is 0 Å². The van der Waals surface area contributed by atoms with E-state index in [4.69, 9.17) is 4.74 Å². The quantitative estimate of drug-likeness (QED) is 0.496. The van der Waals surface area contributed by atoms with Crippen LogP contribution < -0.4 is 5.59 Å². The molecule has 1 fully saturated rings. The largest absolute Gasteiger partial charge is 0.379 e. The lowest BCUT2D eigenvalue weighted by Crippen LogP contribution is -2.35. The Balaban J connectivity index is 1.75. The fourth-order valence-corrected chi connectivity index (χ4v) is 3.19. The third-order valence-corrected chi connectivity index (χ3v) is 4.54. The van der Waals surface area contributed by atoms with Gasteiger partial charge in [0.15, 0.2) is 19.5 Å². The Hall–Kier alpha value is -2.58. The van der Waals surface area contributed by atoms with Crippen LogP contribution in [-0.4, -0.2) is 59.2 Å². The molecular weight excluding hydrogens is 334 g/mol. The zero-order valence-electron chi connectivity index (χ0n) is 14.5. The Bertz CT molecular complexity index is 969. The minimum absolute atomic E-state index is 0.00817. The third-order valence-electron chi connectivity index (χ3n) is 4.54. The maximum atomic E-state index is 14.1. The van der Waals surface area contributed by atoms with Crippen molar-refractivity contribution >= 4 is 24.7 Å². The average molecular weight is 352 g/mol. The summed E-state index contributed by atoms with van der Waals surface area (Å²) in [4.78, 5) is 23.7. The van der Waals surface area contributed by atoms with Gasteiger partial charge in [0.1, 0.15) is 0 Å². The molecule has 0 saturated carbocycles. The van der Waals surface area contributed by atoms with Gasteiger partial charge in [-0.2, -0.15) is 0 Å². The van der Waals surface area contributed by atoms with Gasteiger partial charge in [-0.15, -0.1) is 0 Å². The highest BCUT2D eigenvalue weighted by Crippen LogP contribution is 2.19. The summed E-state index contributed by atoms with van der Waals surface area (Å²) in [6.45, 7) is 3.67. The van der Waals surface area contributed by atoms with Crippen LogP contribution in [0.25, 0.3) is 5.52 Å². The second-order valence-corrected chi connectivity index (χ2v) is 6.36. The third kappa shape index (κ3) is 3.13. The molecule has 0 unspecified atom stereocenters. The van der Waals surface area contributed by atoms with E-state index in [1.807, 2.05) is 18.2 Å². The molecule has 4 rings (SSSR count). The summed E-state index contributed by atoms with van der Waals surface area (Å²) in [7, 11) is 1.73. The second kappa shape index (κ2) is 6.97. The minimum Gasteiger partial charge on any atom is -0.379 e. The minimum atomic E-state index is -0.636. The van der Waals surface area contributed by atoms with Crippen molar-refractivity contribution in [1.82, 2.24) is 19.3 Å². The average Bonchev–Trinajstić information content (AvgIpc) is 3.03. The Morgan fingerprint density at radius 2 is 2.12 bits per heavy atom. The summed E-state index contributed by atoms with van der Waals surface area (Å²) in [6.07, 6.45) is 2.86. The molecule has 1 saturated heterocycles. The lowest BCUT2D eigenvalue weighted by atomic mass is 10.00. The molecule has 0 bridgehead atoms. The zero-order chi connectivity index (χ0) is 18.1. The number of nitrogens with zero attached hydrogens (tertiary/aromatic N) is 4. The number of rotatable bonds is 4. The van der Waals surface area contributed by atoms with Crippen molar-refractivity contribution in [1.29, 1.82) is 0 Å². The van der Waals surface area contributed by atoms with Gasteiger partial charge in [-0.1, -0.05) is 6.07 Å².